The molecule has 0 aliphatic rings. The number of fused-ring (bicyclic) bond motifs is 1. The van der Waals surface area contributed by atoms with Gasteiger partial charge in [0.25, 0.3) is 0 Å². The van der Waals surface area contributed by atoms with Crippen LogP contribution in [0.25, 0.3) is 10.9 Å². The van der Waals surface area contributed by atoms with Crippen molar-refractivity contribution in [2.24, 2.45) is 0 Å². The summed E-state index contributed by atoms with van der Waals surface area (Å²) in [6.45, 7) is 4.27. The second-order valence-electron chi connectivity index (χ2n) is 6.15. The Hall–Kier alpha value is -2.95. The number of nitrogens with zero attached hydrogens (tertiary/aromatic N) is 1. The van der Waals surface area contributed by atoms with E-state index in [1.54, 1.807) is 30.3 Å². The second-order valence-corrected chi connectivity index (χ2v) is 6.15. The summed E-state index contributed by atoms with van der Waals surface area (Å²) >= 11 is 0. The van der Waals surface area contributed by atoms with Gasteiger partial charge in [0.15, 0.2) is 0 Å². The Kier molecular flexibility index (Phi) is 3.93. The van der Waals surface area contributed by atoms with Crippen molar-refractivity contribution in [3.63, 3.8) is 0 Å². The van der Waals surface area contributed by atoms with E-state index in [2.05, 4.69) is 0 Å². The molecule has 0 fully saturated rings. The molecule has 3 aromatic rings. The van der Waals surface area contributed by atoms with E-state index in [9.17, 15) is 20.1 Å². The molecule has 0 bridgehead atoms. The van der Waals surface area contributed by atoms with Gasteiger partial charge in [-0.1, -0.05) is 32.0 Å². The average Bonchev–Trinajstić information content (AvgIpc) is 2.84. The molecule has 0 saturated carbocycles. The minimum atomic E-state index is -1.06. The lowest BCUT2D eigenvalue weighted by Gasteiger charge is -2.14. The van der Waals surface area contributed by atoms with Gasteiger partial charge in [0.05, 0.1) is 16.5 Å². The highest BCUT2D eigenvalue weighted by Gasteiger charge is 2.26. The molecule has 0 unspecified atom stereocenters. The molecule has 0 aliphatic carbocycles. The van der Waals surface area contributed by atoms with Gasteiger partial charge in [0.2, 0.25) is 0 Å². The van der Waals surface area contributed by atoms with Gasteiger partial charge in [-0.3, -0.25) is 0 Å². The first-order valence-electron chi connectivity index (χ1n) is 7.75. The van der Waals surface area contributed by atoms with Gasteiger partial charge in [0, 0.05) is 12.2 Å². The Morgan fingerprint density at radius 1 is 1.12 bits per heavy atom. The van der Waals surface area contributed by atoms with Crippen molar-refractivity contribution < 1.29 is 20.1 Å². The first-order chi connectivity index (χ1) is 11.4. The molecule has 0 radical (unpaired) electrons. The van der Waals surface area contributed by atoms with Crippen LogP contribution in [0.2, 0.25) is 0 Å². The summed E-state index contributed by atoms with van der Waals surface area (Å²) in [4.78, 5) is 11.8. The maximum atomic E-state index is 11.8. The minimum Gasteiger partial charge on any atom is -0.508 e. The van der Waals surface area contributed by atoms with Crippen molar-refractivity contribution in [1.29, 1.82) is 0 Å². The normalized spacial score (nSPS) is 11.3. The number of carbonyl (C=O) groups is 1. The van der Waals surface area contributed by atoms with Crippen LogP contribution in [0, 0.1) is 0 Å². The van der Waals surface area contributed by atoms with E-state index in [0.717, 1.165) is 5.56 Å². The largest absolute Gasteiger partial charge is 0.508 e. The van der Waals surface area contributed by atoms with Gasteiger partial charge in [-0.05, 0) is 35.7 Å². The van der Waals surface area contributed by atoms with E-state index in [-0.39, 0.29) is 23.0 Å². The fourth-order valence-electron chi connectivity index (χ4n) is 3.23. The molecule has 124 valence electrons. The molecular weight excluding hydrogens is 306 g/mol. The Morgan fingerprint density at radius 2 is 1.83 bits per heavy atom. The van der Waals surface area contributed by atoms with E-state index in [1.807, 2.05) is 24.5 Å². The Balaban J connectivity index is 2.32. The maximum absolute atomic E-state index is 11.8. The average molecular weight is 325 g/mol. The number of carboxylic acid groups (broad SMARTS) is 1. The first kappa shape index (κ1) is 15.9. The number of rotatable bonds is 4. The summed E-state index contributed by atoms with van der Waals surface area (Å²) in [5, 5.41) is 29.9. The van der Waals surface area contributed by atoms with E-state index in [0.29, 0.717) is 23.1 Å². The van der Waals surface area contributed by atoms with Gasteiger partial charge in [-0.15, -0.1) is 0 Å². The summed E-state index contributed by atoms with van der Waals surface area (Å²) in [5.74, 6) is -0.974. The van der Waals surface area contributed by atoms with E-state index in [4.69, 9.17) is 0 Å². The van der Waals surface area contributed by atoms with Gasteiger partial charge < -0.3 is 19.9 Å². The highest BCUT2D eigenvalue weighted by molar-refractivity contribution is 6.07. The smallest absolute Gasteiger partial charge is 0.338 e. The van der Waals surface area contributed by atoms with Gasteiger partial charge >= 0.3 is 5.97 Å². The molecule has 3 N–H and O–H groups in total. The molecular formula is C19H19NO4. The van der Waals surface area contributed by atoms with Crippen LogP contribution in [0.3, 0.4) is 0 Å². The summed E-state index contributed by atoms with van der Waals surface area (Å²) < 4.78 is 1.90. The molecule has 0 amide bonds. The number of aromatic nitrogens is 1. The SMILES string of the molecule is CC(C)c1c(C(=O)O)c2c(O)cccc2n1Cc1cccc(O)c1. The number of hydrogen-bond donors (Lipinski definition) is 3. The summed E-state index contributed by atoms with van der Waals surface area (Å²) in [6.07, 6.45) is 0. The molecule has 0 saturated heterocycles. The molecule has 24 heavy (non-hydrogen) atoms. The van der Waals surface area contributed by atoms with Crippen molar-refractivity contribution in [2.75, 3.05) is 0 Å². The highest BCUT2D eigenvalue weighted by Crippen LogP contribution is 2.37. The van der Waals surface area contributed by atoms with E-state index < -0.39 is 5.97 Å². The van der Waals surface area contributed by atoms with Gasteiger partial charge in [-0.25, -0.2) is 4.79 Å². The van der Waals surface area contributed by atoms with Crippen molar-refractivity contribution in [2.45, 2.75) is 26.3 Å². The number of benzene rings is 2. The molecule has 0 spiro atoms. The fraction of sp³-hybridized carbons (Fsp3) is 0.211. The summed E-state index contributed by atoms with van der Waals surface area (Å²) in [6, 6.07) is 11.9. The number of hydrogen-bond acceptors (Lipinski definition) is 3. The zero-order valence-electron chi connectivity index (χ0n) is 13.5. The monoisotopic (exact) mass is 325 g/mol. The van der Waals surface area contributed by atoms with Crippen LogP contribution in [0.4, 0.5) is 0 Å². The zero-order chi connectivity index (χ0) is 17.4. The van der Waals surface area contributed by atoms with Crippen LogP contribution in [0.5, 0.6) is 11.5 Å². The third-order valence-corrected chi connectivity index (χ3v) is 4.12. The van der Waals surface area contributed by atoms with Crippen molar-refractivity contribution in [1.82, 2.24) is 4.57 Å². The van der Waals surface area contributed by atoms with E-state index in [1.165, 1.54) is 6.07 Å². The Morgan fingerprint density at radius 3 is 2.46 bits per heavy atom. The van der Waals surface area contributed by atoms with Crippen molar-refractivity contribution >= 4 is 16.9 Å². The lowest BCUT2D eigenvalue weighted by atomic mass is 10.0. The standard InChI is InChI=1S/C19H19NO4/c1-11(2)18-17(19(23)24)16-14(7-4-8-15(16)22)20(18)10-12-5-3-6-13(21)9-12/h3-9,11,21-22H,10H2,1-2H3,(H,23,24). The molecule has 1 aromatic heterocycles. The first-order valence-corrected chi connectivity index (χ1v) is 7.75. The Labute approximate surface area is 139 Å². The molecule has 5 nitrogen and oxygen atoms in total. The minimum absolute atomic E-state index is 0.0403. The van der Waals surface area contributed by atoms with Crippen LogP contribution in [-0.2, 0) is 6.54 Å². The number of carboxylic acids is 1. The quantitative estimate of drug-likeness (QED) is 0.679. The number of phenolic OH excluding ortho intramolecular Hbond substituents is 2. The number of aromatic carboxylic acids is 1. The van der Waals surface area contributed by atoms with Crippen molar-refractivity contribution in [3.8, 4) is 11.5 Å². The Bertz CT molecular complexity index is 925. The van der Waals surface area contributed by atoms with Gasteiger partial charge in [-0.2, -0.15) is 0 Å². The summed E-state index contributed by atoms with van der Waals surface area (Å²) in [7, 11) is 0. The number of phenols is 2. The van der Waals surface area contributed by atoms with E-state index >= 15 is 0 Å². The number of aromatic hydroxyl groups is 2. The molecule has 0 atom stereocenters. The molecule has 1 heterocycles. The lowest BCUT2D eigenvalue weighted by Crippen LogP contribution is -2.09. The van der Waals surface area contributed by atoms with Crippen LogP contribution in [-0.4, -0.2) is 25.9 Å². The van der Waals surface area contributed by atoms with Crippen LogP contribution >= 0.6 is 0 Å². The van der Waals surface area contributed by atoms with Crippen LogP contribution in [0.15, 0.2) is 42.5 Å². The predicted octanol–water partition coefficient (Wildman–Crippen LogP) is 3.92. The van der Waals surface area contributed by atoms with Crippen LogP contribution < -0.4 is 0 Å². The molecule has 3 rings (SSSR count). The van der Waals surface area contributed by atoms with Gasteiger partial charge in [0.1, 0.15) is 11.5 Å². The third-order valence-electron chi connectivity index (χ3n) is 4.12. The van der Waals surface area contributed by atoms with Crippen LogP contribution in [0.1, 0.15) is 41.4 Å². The summed E-state index contributed by atoms with van der Waals surface area (Å²) in [5.41, 5.74) is 2.31. The topological polar surface area (TPSA) is 82.7 Å². The maximum Gasteiger partial charge on any atom is 0.338 e. The molecule has 0 aliphatic heterocycles. The second kappa shape index (κ2) is 5.92. The van der Waals surface area contributed by atoms with Crippen molar-refractivity contribution in [3.05, 3.63) is 59.3 Å². The predicted molar refractivity (Wildman–Crippen MR) is 91.9 cm³/mol. The highest BCUT2D eigenvalue weighted by atomic mass is 16.4. The zero-order valence-corrected chi connectivity index (χ0v) is 13.5. The molecule has 2 aromatic carbocycles. The lowest BCUT2D eigenvalue weighted by molar-refractivity contribution is 0.0696. The fourth-order valence-corrected chi connectivity index (χ4v) is 3.23. The third kappa shape index (κ3) is 2.58. The molecule has 5 heteroatoms.